The topological polar surface area (TPSA) is 64.3 Å². The van der Waals surface area contributed by atoms with Crippen molar-refractivity contribution in [1.82, 2.24) is 0 Å². The van der Waals surface area contributed by atoms with Gasteiger partial charge in [-0.05, 0) is 61.7 Å². The van der Waals surface area contributed by atoms with E-state index in [2.05, 4.69) is 5.32 Å². The summed E-state index contributed by atoms with van der Waals surface area (Å²) in [6.45, 7) is 5.76. The Labute approximate surface area is 124 Å². The van der Waals surface area contributed by atoms with Gasteiger partial charge in [0.25, 0.3) is 5.91 Å². The van der Waals surface area contributed by atoms with Gasteiger partial charge in [-0.3, -0.25) is 4.79 Å². The maximum Gasteiger partial charge on any atom is 0.256 e. The summed E-state index contributed by atoms with van der Waals surface area (Å²) in [7, 11) is 1.62. The van der Waals surface area contributed by atoms with E-state index in [1.54, 1.807) is 13.2 Å². The predicted molar refractivity (Wildman–Crippen MR) is 86.0 cm³/mol. The van der Waals surface area contributed by atoms with E-state index in [0.717, 1.165) is 28.1 Å². The number of anilines is 2. The number of nitrogen functional groups attached to an aromatic ring is 1. The number of ether oxygens (including phenoxy) is 1. The van der Waals surface area contributed by atoms with Gasteiger partial charge in [0.15, 0.2) is 0 Å². The first-order valence-electron chi connectivity index (χ1n) is 6.75. The van der Waals surface area contributed by atoms with Crippen LogP contribution in [0.15, 0.2) is 30.3 Å². The van der Waals surface area contributed by atoms with Gasteiger partial charge in [-0.2, -0.15) is 0 Å². The number of aryl methyl sites for hydroxylation is 3. The SMILES string of the molecule is COc1ccc(NC(=O)c2cc(N)c(C)cc2C)cc1C. The largest absolute Gasteiger partial charge is 0.496 e. The first kappa shape index (κ1) is 14.9. The molecule has 2 rings (SSSR count). The van der Waals surface area contributed by atoms with Crippen LogP contribution in [0.3, 0.4) is 0 Å². The normalized spacial score (nSPS) is 10.3. The standard InChI is InChI=1S/C17H20N2O2/c1-10-7-11(2)15(18)9-14(10)17(20)19-13-5-6-16(21-4)12(3)8-13/h5-9H,18H2,1-4H3,(H,19,20). The van der Waals surface area contributed by atoms with Crippen molar-refractivity contribution in [2.24, 2.45) is 0 Å². The molecule has 0 fully saturated rings. The van der Waals surface area contributed by atoms with Crippen molar-refractivity contribution in [3.8, 4) is 5.75 Å². The molecule has 0 bridgehead atoms. The highest BCUT2D eigenvalue weighted by Crippen LogP contribution is 2.23. The molecule has 0 aliphatic rings. The summed E-state index contributed by atoms with van der Waals surface area (Å²) in [6.07, 6.45) is 0. The Morgan fingerprint density at radius 2 is 1.76 bits per heavy atom. The lowest BCUT2D eigenvalue weighted by Gasteiger charge is -2.12. The summed E-state index contributed by atoms with van der Waals surface area (Å²) in [5, 5.41) is 2.89. The lowest BCUT2D eigenvalue weighted by Crippen LogP contribution is -2.14. The molecule has 3 N–H and O–H groups in total. The van der Waals surface area contributed by atoms with E-state index in [1.807, 2.05) is 45.0 Å². The van der Waals surface area contributed by atoms with E-state index >= 15 is 0 Å². The molecule has 4 nitrogen and oxygen atoms in total. The van der Waals surface area contributed by atoms with Crippen molar-refractivity contribution in [3.05, 3.63) is 52.6 Å². The molecule has 0 atom stereocenters. The number of hydrogen-bond acceptors (Lipinski definition) is 3. The minimum Gasteiger partial charge on any atom is -0.496 e. The maximum absolute atomic E-state index is 12.4. The Morgan fingerprint density at radius 3 is 2.38 bits per heavy atom. The number of carbonyl (C=O) groups excluding carboxylic acids is 1. The van der Waals surface area contributed by atoms with Crippen molar-refractivity contribution < 1.29 is 9.53 Å². The molecule has 0 spiro atoms. The van der Waals surface area contributed by atoms with E-state index < -0.39 is 0 Å². The molecule has 21 heavy (non-hydrogen) atoms. The number of amides is 1. The Hall–Kier alpha value is -2.49. The van der Waals surface area contributed by atoms with Crippen molar-refractivity contribution in [3.63, 3.8) is 0 Å². The third-order valence-corrected chi connectivity index (χ3v) is 3.51. The number of methoxy groups -OCH3 is 1. The smallest absolute Gasteiger partial charge is 0.256 e. The van der Waals surface area contributed by atoms with Crippen LogP contribution in [0.1, 0.15) is 27.0 Å². The first-order chi connectivity index (χ1) is 9.92. The highest BCUT2D eigenvalue weighted by molar-refractivity contribution is 6.06. The van der Waals surface area contributed by atoms with Crippen LogP contribution in [-0.4, -0.2) is 13.0 Å². The van der Waals surface area contributed by atoms with Gasteiger partial charge in [0.2, 0.25) is 0 Å². The number of hydrogen-bond donors (Lipinski definition) is 2. The second-order valence-electron chi connectivity index (χ2n) is 5.16. The van der Waals surface area contributed by atoms with Gasteiger partial charge in [0, 0.05) is 16.9 Å². The molecule has 0 saturated heterocycles. The molecule has 2 aromatic carbocycles. The molecular formula is C17H20N2O2. The second-order valence-corrected chi connectivity index (χ2v) is 5.16. The van der Waals surface area contributed by atoms with E-state index in [-0.39, 0.29) is 5.91 Å². The lowest BCUT2D eigenvalue weighted by molar-refractivity contribution is 0.102. The average molecular weight is 284 g/mol. The summed E-state index contributed by atoms with van der Waals surface area (Å²) >= 11 is 0. The van der Waals surface area contributed by atoms with Gasteiger partial charge in [-0.25, -0.2) is 0 Å². The molecule has 0 radical (unpaired) electrons. The van der Waals surface area contributed by atoms with Crippen molar-refractivity contribution in [2.45, 2.75) is 20.8 Å². The van der Waals surface area contributed by atoms with Gasteiger partial charge < -0.3 is 15.8 Å². The van der Waals surface area contributed by atoms with E-state index in [1.165, 1.54) is 0 Å². The molecule has 0 saturated carbocycles. The van der Waals surface area contributed by atoms with Crippen LogP contribution in [0.4, 0.5) is 11.4 Å². The number of benzene rings is 2. The fourth-order valence-electron chi connectivity index (χ4n) is 2.27. The minimum absolute atomic E-state index is 0.163. The molecule has 0 aliphatic carbocycles. The number of nitrogens with two attached hydrogens (primary N) is 1. The fraction of sp³-hybridized carbons (Fsp3) is 0.235. The van der Waals surface area contributed by atoms with Gasteiger partial charge >= 0.3 is 0 Å². The predicted octanol–water partition coefficient (Wildman–Crippen LogP) is 3.45. The summed E-state index contributed by atoms with van der Waals surface area (Å²) in [5.41, 5.74) is 10.7. The Balaban J connectivity index is 2.26. The van der Waals surface area contributed by atoms with Crippen molar-refractivity contribution in [1.29, 1.82) is 0 Å². The maximum atomic E-state index is 12.4. The zero-order valence-electron chi connectivity index (χ0n) is 12.8. The first-order valence-corrected chi connectivity index (χ1v) is 6.75. The summed E-state index contributed by atoms with van der Waals surface area (Å²) < 4.78 is 5.21. The van der Waals surface area contributed by atoms with Crippen LogP contribution < -0.4 is 15.8 Å². The molecule has 0 heterocycles. The molecule has 0 unspecified atom stereocenters. The third kappa shape index (κ3) is 3.16. The molecular weight excluding hydrogens is 264 g/mol. The Kier molecular flexibility index (Phi) is 4.17. The molecule has 0 aliphatic heterocycles. The minimum atomic E-state index is -0.163. The quantitative estimate of drug-likeness (QED) is 0.848. The van der Waals surface area contributed by atoms with Gasteiger partial charge in [-0.15, -0.1) is 0 Å². The van der Waals surface area contributed by atoms with E-state index in [4.69, 9.17) is 10.5 Å². The zero-order valence-corrected chi connectivity index (χ0v) is 12.8. The summed E-state index contributed by atoms with van der Waals surface area (Å²) in [5.74, 6) is 0.632. The number of nitrogens with one attached hydrogen (secondary N) is 1. The van der Waals surface area contributed by atoms with Gasteiger partial charge in [0.1, 0.15) is 5.75 Å². The van der Waals surface area contributed by atoms with Crippen molar-refractivity contribution in [2.75, 3.05) is 18.2 Å². The van der Waals surface area contributed by atoms with Crippen LogP contribution in [0, 0.1) is 20.8 Å². The zero-order chi connectivity index (χ0) is 15.6. The lowest BCUT2D eigenvalue weighted by atomic mass is 10.0. The average Bonchev–Trinajstić information content (AvgIpc) is 2.43. The van der Waals surface area contributed by atoms with Crippen LogP contribution in [0.2, 0.25) is 0 Å². The van der Waals surface area contributed by atoms with Crippen LogP contribution in [0.5, 0.6) is 5.75 Å². The second kappa shape index (κ2) is 5.87. The Morgan fingerprint density at radius 1 is 1.05 bits per heavy atom. The van der Waals surface area contributed by atoms with Crippen molar-refractivity contribution >= 4 is 17.3 Å². The Bertz CT molecular complexity index is 693. The highest BCUT2D eigenvalue weighted by atomic mass is 16.5. The molecule has 110 valence electrons. The van der Waals surface area contributed by atoms with Gasteiger partial charge in [0.05, 0.1) is 7.11 Å². The van der Waals surface area contributed by atoms with Crippen LogP contribution in [0.25, 0.3) is 0 Å². The fourth-order valence-corrected chi connectivity index (χ4v) is 2.27. The summed E-state index contributed by atoms with van der Waals surface area (Å²) in [4.78, 5) is 12.4. The van der Waals surface area contributed by atoms with Crippen LogP contribution in [-0.2, 0) is 0 Å². The van der Waals surface area contributed by atoms with Crippen LogP contribution >= 0.6 is 0 Å². The molecule has 4 heteroatoms. The number of carbonyl (C=O) groups is 1. The van der Waals surface area contributed by atoms with E-state index in [9.17, 15) is 4.79 Å². The molecule has 0 aromatic heterocycles. The third-order valence-electron chi connectivity index (χ3n) is 3.51. The molecule has 2 aromatic rings. The molecule has 1 amide bonds. The highest BCUT2D eigenvalue weighted by Gasteiger charge is 2.12. The summed E-state index contributed by atoms with van der Waals surface area (Å²) in [6, 6.07) is 9.17. The van der Waals surface area contributed by atoms with Gasteiger partial charge in [-0.1, -0.05) is 6.07 Å². The monoisotopic (exact) mass is 284 g/mol. The van der Waals surface area contributed by atoms with E-state index in [0.29, 0.717) is 11.3 Å². The number of rotatable bonds is 3.